The van der Waals surface area contributed by atoms with Gasteiger partial charge < -0.3 is 25.3 Å². The summed E-state index contributed by atoms with van der Waals surface area (Å²) in [5, 5.41) is 3.39. The van der Waals surface area contributed by atoms with E-state index < -0.39 is 0 Å². The molecular weight excluding hydrogens is 312 g/mol. The minimum absolute atomic E-state index is 0.0587. The van der Waals surface area contributed by atoms with E-state index in [1.165, 1.54) is 0 Å². The molecule has 0 bridgehead atoms. The molecule has 0 spiro atoms. The summed E-state index contributed by atoms with van der Waals surface area (Å²) in [4.78, 5) is 0. The fourth-order valence-electron chi connectivity index (χ4n) is 1.92. The molecule has 2 unspecified atom stereocenters. The highest BCUT2D eigenvalue weighted by Gasteiger charge is 2.21. The Morgan fingerprint density at radius 1 is 1.47 bits per heavy atom. The van der Waals surface area contributed by atoms with Crippen molar-refractivity contribution in [1.29, 1.82) is 0 Å². The molecule has 5 nitrogen and oxygen atoms in total. The second-order valence-electron chi connectivity index (χ2n) is 4.48. The zero-order valence-electron chi connectivity index (χ0n) is 11.1. The van der Waals surface area contributed by atoms with Crippen LogP contribution in [0.5, 0.6) is 11.5 Å². The summed E-state index contributed by atoms with van der Waals surface area (Å²) >= 11 is 3.49. The van der Waals surface area contributed by atoms with Crippen LogP contribution in [0, 0.1) is 0 Å². The van der Waals surface area contributed by atoms with Gasteiger partial charge in [0, 0.05) is 26.2 Å². The average molecular weight is 331 g/mol. The molecule has 106 valence electrons. The number of fused-ring (bicyclic) bond motifs is 1. The van der Waals surface area contributed by atoms with Gasteiger partial charge in [-0.15, -0.1) is 0 Å². The molecule has 2 rings (SSSR count). The van der Waals surface area contributed by atoms with Gasteiger partial charge in [-0.2, -0.15) is 0 Å². The minimum Gasteiger partial charge on any atom is -0.454 e. The number of methoxy groups -OCH3 is 1. The highest BCUT2D eigenvalue weighted by atomic mass is 79.9. The second-order valence-corrected chi connectivity index (χ2v) is 5.33. The van der Waals surface area contributed by atoms with Crippen molar-refractivity contribution >= 4 is 15.9 Å². The third-order valence-electron chi connectivity index (χ3n) is 3.14. The van der Waals surface area contributed by atoms with Crippen molar-refractivity contribution in [2.24, 2.45) is 5.73 Å². The maximum absolute atomic E-state index is 5.84. The van der Waals surface area contributed by atoms with Gasteiger partial charge in [-0.3, -0.25) is 0 Å². The van der Waals surface area contributed by atoms with Crippen LogP contribution in [0.15, 0.2) is 16.6 Å². The number of benzene rings is 1. The van der Waals surface area contributed by atoms with E-state index in [0.29, 0.717) is 6.54 Å². The highest BCUT2D eigenvalue weighted by molar-refractivity contribution is 9.10. The zero-order chi connectivity index (χ0) is 13.8. The largest absolute Gasteiger partial charge is 0.454 e. The first-order valence-corrected chi connectivity index (χ1v) is 7.00. The van der Waals surface area contributed by atoms with Crippen molar-refractivity contribution in [3.05, 3.63) is 22.2 Å². The Balaban J connectivity index is 2.12. The lowest BCUT2D eigenvalue weighted by Gasteiger charge is -2.20. The van der Waals surface area contributed by atoms with Gasteiger partial charge in [-0.05, 0) is 40.5 Å². The molecule has 19 heavy (non-hydrogen) atoms. The van der Waals surface area contributed by atoms with E-state index in [4.69, 9.17) is 19.9 Å². The third kappa shape index (κ3) is 3.39. The fourth-order valence-corrected chi connectivity index (χ4v) is 2.49. The summed E-state index contributed by atoms with van der Waals surface area (Å²) in [5.41, 5.74) is 6.91. The van der Waals surface area contributed by atoms with Crippen molar-refractivity contribution in [1.82, 2.24) is 5.32 Å². The first-order valence-electron chi connectivity index (χ1n) is 6.21. The van der Waals surface area contributed by atoms with Crippen LogP contribution in [0.4, 0.5) is 0 Å². The molecule has 6 heteroatoms. The van der Waals surface area contributed by atoms with E-state index in [0.717, 1.165) is 28.1 Å². The van der Waals surface area contributed by atoms with Crippen LogP contribution in [-0.2, 0) is 4.74 Å². The normalized spacial score (nSPS) is 16.4. The summed E-state index contributed by atoms with van der Waals surface area (Å²) < 4.78 is 16.9. The molecule has 1 aromatic carbocycles. The Kier molecular flexibility index (Phi) is 5.04. The number of rotatable bonds is 6. The van der Waals surface area contributed by atoms with Gasteiger partial charge in [0.2, 0.25) is 6.79 Å². The number of hydrogen-bond donors (Lipinski definition) is 2. The van der Waals surface area contributed by atoms with E-state index >= 15 is 0 Å². The summed E-state index contributed by atoms with van der Waals surface area (Å²) in [6.45, 7) is 3.52. The third-order valence-corrected chi connectivity index (χ3v) is 3.73. The lowest BCUT2D eigenvalue weighted by atomic mass is 10.1. The van der Waals surface area contributed by atoms with Crippen molar-refractivity contribution in [2.75, 3.05) is 27.0 Å². The molecule has 0 amide bonds. The van der Waals surface area contributed by atoms with Crippen LogP contribution >= 0.6 is 15.9 Å². The van der Waals surface area contributed by atoms with Gasteiger partial charge in [-0.25, -0.2) is 0 Å². The predicted molar refractivity (Wildman–Crippen MR) is 76.5 cm³/mol. The highest BCUT2D eigenvalue weighted by Crippen LogP contribution is 2.41. The summed E-state index contributed by atoms with van der Waals surface area (Å²) in [6, 6.07) is 4.04. The number of ether oxygens (including phenoxy) is 3. The first kappa shape index (κ1) is 14.6. The van der Waals surface area contributed by atoms with E-state index in [1.54, 1.807) is 7.11 Å². The molecule has 1 aromatic rings. The molecule has 2 atom stereocenters. The van der Waals surface area contributed by atoms with Gasteiger partial charge >= 0.3 is 0 Å². The Morgan fingerprint density at radius 2 is 2.26 bits per heavy atom. The number of hydrogen-bond acceptors (Lipinski definition) is 5. The maximum atomic E-state index is 5.84. The second kappa shape index (κ2) is 6.56. The Hall–Kier alpha value is -0.820. The molecule has 3 N–H and O–H groups in total. The Labute approximate surface area is 121 Å². The van der Waals surface area contributed by atoms with E-state index in [9.17, 15) is 0 Å². The predicted octanol–water partition coefficient (Wildman–Crippen LogP) is 1.80. The van der Waals surface area contributed by atoms with Crippen molar-refractivity contribution in [3.63, 3.8) is 0 Å². The SMILES string of the molecule is COC(C)CNC(CN)c1cc(Br)c2c(c1)OCO2. The monoisotopic (exact) mass is 330 g/mol. The van der Waals surface area contributed by atoms with Crippen LogP contribution in [0.2, 0.25) is 0 Å². The van der Waals surface area contributed by atoms with Gasteiger partial charge in [-0.1, -0.05) is 0 Å². The maximum Gasteiger partial charge on any atom is 0.231 e. The van der Waals surface area contributed by atoms with Crippen LogP contribution in [0.1, 0.15) is 18.5 Å². The molecule has 0 saturated heterocycles. The van der Waals surface area contributed by atoms with Crippen LogP contribution < -0.4 is 20.5 Å². The van der Waals surface area contributed by atoms with Crippen LogP contribution in [0.25, 0.3) is 0 Å². The van der Waals surface area contributed by atoms with Gasteiger partial charge in [0.25, 0.3) is 0 Å². The quantitative estimate of drug-likeness (QED) is 0.832. The summed E-state index contributed by atoms with van der Waals surface area (Å²) in [5.74, 6) is 1.51. The smallest absolute Gasteiger partial charge is 0.231 e. The molecule has 0 aromatic heterocycles. The van der Waals surface area contributed by atoms with Gasteiger partial charge in [0.15, 0.2) is 11.5 Å². The standard InChI is InChI=1S/C13H19BrN2O3/c1-8(17-2)6-16-11(5-15)9-3-10(14)13-12(4-9)18-7-19-13/h3-4,8,11,16H,5-7,15H2,1-2H3. The average Bonchev–Trinajstić information content (AvgIpc) is 2.88. The molecule has 1 aliphatic heterocycles. The van der Waals surface area contributed by atoms with E-state index in [1.807, 2.05) is 19.1 Å². The molecule has 0 radical (unpaired) electrons. The summed E-state index contributed by atoms with van der Waals surface area (Å²) in [6.07, 6.45) is 0.145. The molecule has 0 saturated carbocycles. The topological polar surface area (TPSA) is 65.7 Å². The lowest BCUT2D eigenvalue weighted by molar-refractivity contribution is 0.114. The van der Waals surface area contributed by atoms with Gasteiger partial charge in [0.1, 0.15) is 0 Å². The molecule has 0 fully saturated rings. The fraction of sp³-hybridized carbons (Fsp3) is 0.538. The number of nitrogens with one attached hydrogen (secondary N) is 1. The first-order chi connectivity index (χ1) is 9.15. The number of halogens is 1. The van der Waals surface area contributed by atoms with Crippen LogP contribution in [0.3, 0.4) is 0 Å². The van der Waals surface area contributed by atoms with E-state index in [-0.39, 0.29) is 18.9 Å². The molecule has 1 aliphatic rings. The van der Waals surface area contributed by atoms with Crippen molar-refractivity contribution < 1.29 is 14.2 Å². The number of nitrogens with two attached hydrogens (primary N) is 1. The Bertz CT molecular complexity index is 442. The lowest BCUT2D eigenvalue weighted by Crippen LogP contribution is -2.34. The van der Waals surface area contributed by atoms with Gasteiger partial charge in [0.05, 0.1) is 10.6 Å². The zero-order valence-corrected chi connectivity index (χ0v) is 12.7. The van der Waals surface area contributed by atoms with Crippen LogP contribution in [-0.4, -0.2) is 33.1 Å². The Morgan fingerprint density at radius 3 is 2.95 bits per heavy atom. The van der Waals surface area contributed by atoms with Crippen molar-refractivity contribution in [2.45, 2.75) is 19.1 Å². The molecule has 0 aliphatic carbocycles. The molecular formula is C13H19BrN2O3. The van der Waals surface area contributed by atoms with Crippen molar-refractivity contribution in [3.8, 4) is 11.5 Å². The summed E-state index contributed by atoms with van der Waals surface area (Å²) in [7, 11) is 1.70. The van der Waals surface area contributed by atoms with E-state index in [2.05, 4.69) is 21.2 Å². The molecule has 1 heterocycles. The minimum atomic E-state index is 0.0587.